The largest absolute Gasteiger partial charge is 0.381 e. The SMILES string of the molecule is N#Cc1c(Br)cccc1NC1CC1. The Labute approximate surface area is 85.7 Å². The van der Waals surface area contributed by atoms with Crippen LogP contribution >= 0.6 is 15.9 Å². The van der Waals surface area contributed by atoms with E-state index in [1.165, 1.54) is 12.8 Å². The van der Waals surface area contributed by atoms with E-state index in [1.807, 2.05) is 18.2 Å². The lowest BCUT2D eigenvalue weighted by atomic mass is 10.2. The van der Waals surface area contributed by atoms with Gasteiger partial charge in [-0.05, 0) is 40.9 Å². The van der Waals surface area contributed by atoms with Crippen LogP contribution in [0, 0.1) is 11.3 Å². The van der Waals surface area contributed by atoms with Crippen LogP contribution in [0.5, 0.6) is 0 Å². The predicted octanol–water partition coefficient (Wildman–Crippen LogP) is 2.90. The van der Waals surface area contributed by atoms with Crippen LogP contribution in [-0.4, -0.2) is 6.04 Å². The molecule has 0 bridgehead atoms. The molecule has 3 heteroatoms. The molecule has 0 aliphatic heterocycles. The average molecular weight is 237 g/mol. The Balaban J connectivity index is 2.32. The molecular formula is C10H9BrN2. The minimum atomic E-state index is 0.585. The summed E-state index contributed by atoms with van der Waals surface area (Å²) in [5, 5.41) is 12.2. The van der Waals surface area contributed by atoms with Crippen LogP contribution in [0.15, 0.2) is 22.7 Å². The topological polar surface area (TPSA) is 35.8 Å². The Morgan fingerprint density at radius 1 is 1.46 bits per heavy atom. The standard InChI is InChI=1S/C10H9BrN2/c11-9-2-1-3-10(8(9)6-12)13-7-4-5-7/h1-3,7,13H,4-5H2. The van der Waals surface area contributed by atoms with E-state index in [9.17, 15) is 0 Å². The van der Waals surface area contributed by atoms with Gasteiger partial charge in [0.2, 0.25) is 0 Å². The highest BCUT2D eigenvalue weighted by atomic mass is 79.9. The maximum Gasteiger partial charge on any atom is 0.103 e. The van der Waals surface area contributed by atoms with Crippen LogP contribution in [0.1, 0.15) is 18.4 Å². The number of nitrogens with one attached hydrogen (secondary N) is 1. The highest BCUT2D eigenvalue weighted by Crippen LogP contribution is 2.29. The molecule has 2 rings (SSSR count). The molecule has 0 spiro atoms. The van der Waals surface area contributed by atoms with E-state index in [0.29, 0.717) is 11.6 Å². The first kappa shape index (κ1) is 8.58. The molecular weight excluding hydrogens is 228 g/mol. The zero-order valence-electron chi connectivity index (χ0n) is 7.05. The number of rotatable bonds is 2. The fraction of sp³-hybridized carbons (Fsp3) is 0.300. The average Bonchev–Trinajstić information content (AvgIpc) is 2.89. The van der Waals surface area contributed by atoms with Gasteiger partial charge in [0.1, 0.15) is 6.07 Å². The quantitative estimate of drug-likeness (QED) is 0.858. The Bertz CT molecular complexity index is 364. The zero-order valence-corrected chi connectivity index (χ0v) is 8.63. The van der Waals surface area contributed by atoms with Crippen LogP contribution in [0.4, 0.5) is 5.69 Å². The van der Waals surface area contributed by atoms with Gasteiger partial charge in [0, 0.05) is 10.5 Å². The van der Waals surface area contributed by atoms with Gasteiger partial charge in [-0.3, -0.25) is 0 Å². The molecule has 2 nitrogen and oxygen atoms in total. The molecule has 1 saturated carbocycles. The first-order chi connectivity index (χ1) is 6.31. The number of halogens is 1. The second kappa shape index (κ2) is 3.39. The summed E-state index contributed by atoms with van der Waals surface area (Å²) in [6.45, 7) is 0. The van der Waals surface area contributed by atoms with Crippen LogP contribution in [0.25, 0.3) is 0 Å². The van der Waals surface area contributed by atoms with Crippen LogP contribution in [0.2, 0.25) is 0 Å². The van der Waals surface area contributed by atoms with Crippen molar-refractivity contribution in [1.29, 1.82) is 5.26 Å². The summed E-state index contributed by atoms with van der Waals surface area (Å²) in [6.07, 6.45) is 2.44. The van der Waals surface area contributed by atoms with Gasteiger partial charge in [-0.25, -0.2) is 0 Å². The molecule has 1 N–H and O–H groups in total. The van der Waals surface area contributed by atoms with Gasteiger partial charge in [-0.2, -0.15) is 5.26 Å². The third-order valence-electron chi connectivity index (χ3n) is 2.06. The van der Waals surface area contributed by atoms with Gasteiger partial charge in [-0.1, -0.05) is 6.07 Å². The zero-order chi connectivity index (χ0) is 9.26. The van der Waals surface area contributed by atoms with Crippen molar-refractivity contribution in [3.8, 4) is 6.07 Å². The minimum Gasteiger partial charge on any atom is -0.381 e. The van der Waals surface area contributed by atoms with E-state index < -0.39 is 0 Å². The first-order valence-electron chi connectivity index (χ1n) is 4.26. The molecule has 1 aromatic carbocycles. The van der Waals surface area contributed by atoms with Crippen molar-refractivity contribution in [1.82, 2.24) is 0 Å². The monoisotopic (exact) mass is 236 g/mol. The molecule has 1 aliphatic carbocycles. The summed E-state index contributed by atoms with van der Waals surface area (Å²) in [7, 11) is 0. The molecule has 0 radical (unpaired) electrons. The number of anilines is 1. The third kappa shape index (κ3) is 1.84. The molecule has 0 unspecified atom stereocenters. The van der Waals surface area contributed by atoms with Crippen molar-refractivity contribution in [2.75, 3.05) is 5.32 Å². The summed E-state index contributed by atoms with van der Waals surface area (Å²) in [4.78, 5) is 0. The predicted molar refractivity (Wildman–Crippen MR) is 55.5 cm³/mol. The molecule has 66 valence electrons. The lowest BCUT2D eigenvalue weighted by Gasteiger charge is -2.06. The van der Waals surface area contributed by atoms with Crippen molar-refractivity contribution in [3.63, 3.8) is 0 Å². The fourth-order valence-corrected chi connectivity index (χ4v) is 1.66. The maximum atomic E-state index is 8.91. The van der Waals surface area contributed by atoms with Gasteiger partial charge >= 0.3 is 0 Å². The Morgan fingerprint density at radius 3 is 2.85 bits per heavy atom. The molecule has 1 aromatic rings. The van der Waals surface area contributed by atoms with E-state index in [1.54, 1.807) is 0 Å². The van der Waals surface area contributed by atoms with Crippen molar-refractivity contribution in [3.05, 3.63) is 28.2 Å². The van der Waals surface area contributed by atoms with Gasteiger partial charge in [0.25, 0.3) is 0 Å². The van der Waals surface area contributed by atoms with Crippen LogP contribution in [-0.2, 0) is 0 Å². The Kier molecular flexibility index (Phi) is 2.24. The smallest absolute Gasteiger partial charge is 0.103 e. The lowest BCUT2D eigenvalue weighted by molar-refractivity contribution is 1.15. The van der Waals surface area contributed by atoms with Crippen molar-refractivity contribution in [2.45, 2.75) is 18.9 Å². The molecule has 13 heavy (non-hydrogen) atoms. The second-order valence-electron chi connectivity index (χ2n) is 3.19. The third-order valence-corrected chi connectivity index (χ3v) is 2.72. The van der Waals surface area contributed by atoms with Gasteiger partial charge < -0.3 is 5.32 Å². The summed E-state index contributed by atoms with van der Waals surface area (Å²) in [5.74, 6) is 0. The molecule has 0 saturated heterocycles. The molecule has 0 heterocycles. The minimum absolute atomic E-state index is 0.585. The van der Waals surface area contributed by atoms with Crippen molar-refractivity contribution < 1.29 is 0 Å². The Hall–Kier alpha value is -1.01. The van der Waals surface area contributed by atoms with Crippen LogP contribution < -0.4 is 5.32 Å². The number of hydrogen-bond acceptors (Lipinski definition) is 2. The van der Waals surface area contributed by atoms with Crippen molar-refractivity contribution in [2.24, 2.45) is 0 Å². The van der Waals surface area contributed by atoms with Crippen molar-refractivity contribution >= 4 is 21.6 Å². The number of hydrogen-bond donors (Lipinski definition) is 1. The second-order valence-corrected chi connectivity index (χ2v) is 4.05. The van der Waals surface area contributed by atoms with E-state index >= 15 is 0 Å². The van der Waals surface area contributed by atoms with Crippen LogP contribution in [0.3, 0.4) is 0 Å². The summed E-state index contributed by atoms with van der Waals surface area (Å²) in [6, 6.07) is 8.54. The van der Waals surface area contributed by atoms with E-state index in [2.05, 4.69) is 27.3 Å². The molecule has 0 atom stereocenters. The highest BCUT2D eigenvalue weighted by Gasteiger charge is 2.22. The Morgan fingerprint density at radius 2 is 2.23 bits per heavy atom. The van der Waals surface area contributed by atoms with E-state index in [4.69, 9.17) is 5.26 Å². The number of benzene rings is 1. The first-order valence-corrected chi connectivity index (χ1v) is 5.05. The maximum absolute atomic E-state index is 8.91. The van der Waals surface area contributed by atoms with E-state index in [0.717, 1.165) is 10.2 Å². The number of nitrogens with zero attached hydrogens (tertiary/aromatic N) is 1. The van der Waals surface area contributed by atoms with E-state index in [-0.39, 0.29) is 0 Å². The summed E-state index contributed by atoms with van der Waals surface area (Å²) >= 11 is 3.36. The molecule has 0 amide bonds. The molecule has 1 fully saturated rings. The highest BCUT2D eigenvalue weighted by molar-refractivity contribution is 9.10. The van der Waals surface area contributed by atoms with Gasteiger partial charge in [0.05, 0.1) is 11.3 Å². The molecule has 1 aliphatic rings. The van der Waals surface area contributed by atoms with Gasteiger partial charge in [-0.15, -0.1) is 0 Å². The number of nitriles is 1. The fourth-order valence-electron chi connectivity index (χ4n) is 1.21. The normalized spacial score (nSPS) is 15.1. The van der Waals surface area contributed by atoms with Gasteiger partial charge in [0.15, 0.2) is 0 Å². The lowest BCUT2D eigenvalue weighted by Crippen LogP contribution is -2.02. The summed E-state index contributed by atoms with van der Waals surface area (Å²) < 4.78 is 0.862. The molecule has 0 aromatic heterocycles. The summed E-state index contributed by atoms with van der Waals surface area (Å²) in [5.41, 5.74) is 1.65.